The van der Waals surface area contributed by atoms with Gasteiger partial charge in [-0.25, -0.2) is 4.98 Å². The lowest BCUT2D eigenvalue weighted by Crippen LogP contribution is -2.23. The van der Waals surface area contributed by atoms with Gasteiger partial charge in [0.05, 0.1) is 5.56 Å². The quantitative estimate of drug-likeness (QED) is 0.594. The summed E-state index contributed by atoms with van der Waals surface area (Å²) in [5.74, 6) is -0.815. The van der Waals surface area contributed by atoms with Crippen LogP contribution in [0.5, 0.6) is 0 Å². The van der Waals surface area contributed by atoms with E-state index in [1.165, 1.54) is 13.1 Å². The van der Waals surface area contributed by atoms with E-state index in [1.54, 1.807) is 12.1 Å². The maximum Gasteiger partial charge on any atom is 0.255 e. The van der Waals surface area contributed by atoms with Crippen molar-refractivity contribution in [3.63, 3.8) is 0 Å². The average Bonchev–Trinajstić information content (AvgIpc) is 2.89. The topological polar surface area (TPSA) is 86.5 Å². The number of hydroxylamine groups is 1. The molecule has 1 aromatic carbocycles. The number of hydrogen-bond donors (Lipinski definition) is 0. The van der Waals surface area contributed by atoms with Crippen molar-refractivity contribution in [1.82, 2.24) is 4.98 Å². The maximum absolute atomic E-state index is 12.3. The van der Waals surface area contributed by atoms with Crippen molar-refractivity contribution >= 4 is 17.3 Å². The predicted molar refractivity (Wildman–Crippen MR) is 81.1 cm³/mol. The first-order valence-corrected chi connectivity index (χ1v) is 6.86. The predicted octanol–water partition coefficient (Wildman–Crippen LogP) is 2.95. The van der Waals surface area contributed by atoms with Gasteiger partial charge in [-0.15, -0.1) is 0 Å². The van der Waals surface area contributed by atoms with E-state index >= 15 is 0 Å². The van der Waals surface area contributed by atoms with Gasteiger partial charge in [0.15, 0.2) is 11.5 Å². The van der Waals surface area contributed by atoms with Crippen LogP contribution in [0.25, 0.3) is 11.3 Å². The van der Waals surface area contributed by atoms with Crippen molar-refractivity contribution in [2.24, 2.45) is 0 Å². The number of anilines is 1. The standard InChI is InChI=1S/C16H15N2O4/c1-16(2,3)15-17-11-13(20)12(19)8-6-5-7-9(18(4)21)10(8)14(11)22-15/h5-7H,1-4H3/q-1. The Balaban J connectivity index is 2.36. The zero-order valence-corrected chi connectivity index (χ0v) is 12.8. The fourth-order valence-electron chi connectivity index (χ4n) is 2.42. The molecule has 0 fully saturated rings. The Morgan fingerprint density at radius 1 is 1.18 bits per heavy atom. The number of rotatable bonds is 1. The molecule has 3 rings (SSSR count). The molecule has 6 heteroatoms. The zero-order chi connectivity index (χ0) is 16.2. The fraction of sp³-hybridized carbons (Fsp3) is 0.312. The molecule has 0 spiro atoms. The molecule has 0 amide bonds. The van der Waals surface area contributed by atoms with Crippen molar-refractivity contribution in [2.45, 2.75) is 26.2 Å². The third kappa shape index (κ3) is 1.95. The fourth-order valence-corrected chi connectivity index (χ4v) is 2.42. The monoisotopic (exact) mass is 299 g/mol. The second-order valence-electron chi connectivity index (χ2n) is 6.30. The molecule has 1 aromatic heterocycles. The maximum atomic E-state index is 12.3. The molecule has 0 unspecified atom stereocenters. The number of ketones is 2. The number of benzene rings is 1. The molecule has 1 heterocycles. The van der Waals surface area contributed by atoms with Crippen LogP contribution in [0.2, 0.25) is 0 Å². The number of oxazole rings is 1. The summed E-state index contributed by atoms with van der Waals surface area (Å²) in [5.41, 5.74) is 0.351. The van der Waals surface area contributed by atoms with Crippen LogP contribution < -0.4 is 5.06 Å². The first kappa shape index (κ1) is 14.5. The molecule has 1 aliphatic rings. The Kier molecular flexibility index (Phi) is 2.97. The van der Waals surface area contributed by atoms with E-state index in [-0.39, 0.29) is 22.7 Å². The van der Waals surface area contributed by atoms with Gasteiger partial charge in [0, 0.05) is 16.7 Å². The van der Waals surface area contributed by atoms with E-state index < -0.39 is 17.0 Å². The van der Waals surface area contributed by atoms with Crippen LogP contribution in [0.3, 0.4) is 0 Å². The summed E-state index contributed by atoms with van der Waals surface area (Å²) in [7, 11) is 1.33. The van der Waals surface area contributed by atoms with Crippen molar-refractivity contribution < 1.29 is 14.0 Å². The Morgan fingerprint density at radius 3 is 2.45 bits per heavy atom. The number of carbonyl (C=O) groups excluding carboxylic acids is 2. The molecule has 2 aromatic rings. The van der Waals surface area contributed by atoms with E-state index in [0.717, 1.165) is 0 Å². The lowest BCUT2D eigenvalue weighted by atomic mass is 9.89. The number of nitrogens with zero attached hydrogens (tertiary/aromatic N) is 2. The minimum Gasteiger partial charge on any atom is -0.758 e. The largest absolute Gasteiger partial charge is 0.758 e. The highest BCUT2D eigenvalue weighted by molar-refractivity contribution is 6.52. The third-order valence-electron chi connectivity index (χ3n) is 3.54. The first-order chi connectivity index (χ1) is 10.2. The van der Waals surface area contributed by atoms with Gasteiger partial charge in [0.1, 0.15) is 0 Å². The lowest BCUT2D eigenvalue weighted by molar-refractivity contribution is 0.0812. The molecular weight excluding hydrogens is 284 g/mol. The van der Waals surface area contributed by atoms with Crippen LogP contribution in [0.15, 0.2) is 22.6 Å². The van der Waals surface area contributed by atoms with Crippen LogP contribution in [-0.4, -0.2) is 23.6 Å². The molecule has 6 nitrogen and oxygen atoms in total. The summed E-state index contributed by atoms with van der Waals surface area (Å²) in [6, 6.07) is 4.67. The first-order valence-electron chi connectivity index (χ1n) is 6.86. The van der Waals surface area contributed by atoms with Gasteiger partial charge >= 0.3 is 0 Å². The summed E-state index contributed by atoms with van der Waals surface area (Å²) in [6.07, 6.45) is 0. The SMILES string of the molecule is CN([O-])c1cccc2c1-c1oc(C(C)(C)C)nc1C(=O)C2=O. The van der Waals surface area contributed by atoms with E-state index in [2.05, 4.69) is 4.98 Å². The van der Waals surface area contributed by atoms with Crippen molar-refractivity contribution in [3.05, 3.63) is 40.6 Å². The van der Waals surface area contributed by atoms with Crippen molar-refractivity contribution in [3.8, 4) is 11.3 Å². The van der Waals surface area contributed by atoms with E-state index in [1.807, 2.05) is 20.8 Å². The second-order valence-corrected chi connectivity index (χ2v) is 6.30. The summed E-state index contributed by atoms with van der Waals surface area (Å²) in [5, 5.41) is 12.4. The average molecular weight is 299 g/mol. The lowest BCUT2D eigenvalue weighted by Gasteiger charge is -2.28. The van der Waals surface area contributed by atoms with Gasteiger partial charge in [-0.3, -0.25) is 9.59 Å². The van der Waals surface area contributed by atoms with E-state index in [9.17, 15) is 14.8 Å². The molecule has 0 radical (unpaired) electrons. The van der Waals surface area contributed by atoms with Gasteiger partial charge in [-0.1, -0.05) is 32.9 Å². The zero-order valence-electron chi connectivity index (χ0n) is 12.8. The summed E-state index contributed by atoms with van der Waals surface area (Å²) < 4.78 is 5.76. The van der Waals surface area contributed by atoms with Crippen LogP contribution in [0, 0.1) is 5.21 Å². The van der Waals surface area contributed by atoms with Gasteiger partial charge in [-0.05, 0) is 13.1 Å². The van der Waals surface area contributed by atoms with Gasteiger partial charge in [0.25, 0.3) is 5.78 Å². The normalized spacial score (nSPS) is 13.9. The Hall–Kier alpha value is -2.47. The van der Waals surface area contributed by atoms with Gasteiger partial charge < -0.3 is 14.7 Å². The van der Waals surface area contributed by atoms with Crippen LogP contribution in [0.1, 0.15) is 47.5 Å². The molecule has 114 valence electrons. The highest BCUT2D eigenvalue weighted by Crippen LogP contribution is 2.41. The van der Waals surface area contributed by atoms with Crippen LogP contribution in [-0.2, 0) is 5.41 Å². The minimum absolute atomic E-state index is 0.0169. The molecule has 0 atom stereocenters. The molecule has 0 aliphatic heterocycles. The highest BCUT2D eigenvalue weighted by Gasteiger charge is 2.38. The smallest absolute Gasteiger partial charge is 0.255 e. The molecule has 0 saturated heterocycles. The highest BCUT2D eigenvalue weighted by atomic mass is 16.5. The molecular formula is C16H15N2O4-. The Bertz CT molecular complexity index is 797. The van der Waals surface area contributed by atoms with Gasteiger partial charge in [0.2, 0.25) is 11.7 Å². The number of fused-ring (bicyclic) bond motifs is 3. The van der Waals surface area contributed by atoms with Crippen molar-refractivity contribution in [1.29, 1.82) is 0 Å². The molecule has 22 heavy (non-hydrogen) atoms. The number of aromatic nitrogens is 1. The van der Waals surface area contributed by atoms with Gasteiger partial charge in [-0.2, -0.15) is 0 Å². The Labute approximate surface area is 127 Å². The molecule has 0 N–H and O–H groups in total. The summed E-state index contributed by atoms with van der Waals surface area (Å²) in [4.78, 5) is 28.7. The number of hydrogen-bond acceptors (Lipinski definition) is 6. The molecule has 1 aliphatic carbocycles. The summed E-state index contributed by atoms with van der Waals surface area (Å²) >= 11 is 0. The van der Waals surface area contributed by atoms with Crippen LogP contribution >= 0.6 is 0 Å². The number of Topliss-reactive ketones (excluding diaryl/α,β-unsaturated/α-hetero) is 2. The Morgan fingerprint density at radius 2 is 1.86 bits per heavy atom. The minimum atomic E-state index is -0.701. The second kappa shape index (κ2) is 4.51. The summed E-state index contributed by atoms with van der Waals surface area (Å²) in [6.45, 7) is 5.68. The van der Waals surface area contributed by atoms with Crippen molar-refractivity contribution in [2.75, 3.05) is 12.1 Å². The third-order valence-corrected chi connectivity index (χ3v) is 3.54. The molecule has 0 bridgehead atoms. The van der Waals surface area contributed by atoms with Crippen LogP contribution in [0.4, 0.5) is 5.69 Å². The van der Waals surface area contributed by atoms with E-state index in [0.29, 0.717) is 16.5 Å². The number of carbonyl (C=O) groups is 2. The molecule has 0 saturated carbocycles. The van der Waals surface area contributed by atoms with E-state index in [4.69, 9.17) is 4.42 Å².